The maximum absolute atomic E-state index is 12.8. The third-order valence-corrected chi connectivity index (χ3v) is 6.59. The van der Waals surface area contributed by atoms with E-state index in [1.165, 1.54) is 24.2 Å². The lowest BCUT2D eigenvalue weighted by molar-refractivity contribution is -0.127. The molecule has 0 spiro atoms. The number of hydrogen-bond acceptors (Lipinski definition) is 6. The number of benzene rings is 1. The van der Waals surface area contributed by atoms with Gasteiger partial charge in [-0.1, -0.05) is 43.5 Å². The van der Waals surface area contributed by atoms with Gasteiger partial charge in [0.25, 0.3) is 5.91 Å². The number of likely N-dealkylation sites (N-methyl/N-ethyl adjacent to an activating group) is 1. The normalized spacial score (nSPS) is 24.4. The Hall–Kier alpha value is -2.32. The minimum absolute atomic E-state index is 0.293. The number of unbranched alkanes of at least 4 members (excludes halogenated alkanes) is 2. The highest BCUT2D eigenvalue weighted by Crippen LogP contribution is 2.28. The number of guanidine groups is 1. The van der Waals surface area contributed by atoms with E-state index >= 15 is 0 Å². The van der Waals surface area contributed by atoms with Crippen molar-refractivity contribution >= 4 is 29.5 Å². The Morgan fingerprint density at radius 1 is 1.10 bits per heavy atom. The minimum atomic E-state index is -0.532. The van der Waals surface area contributed by atoms with Crippen molar-refractivity contribution in [2.75, 3.05) is 39.8 Å². The minimum Gasteiger partial charge on any atom is -0.340 e. The lowest BCUT2D eigenvalue weighted by Gasteiger charge is -2.40. The van der Waals surface area contributed by atoms with E-state index < -0.39 is 18.2 Å². The number of hydrogen-bond donors (Lipinski definition) is 1. The largest absolute Gasteiger partial charge is 0.340 e. The molecule has 2 unspecified atom stereocenters. The van der Waals surface area contributed by atoms with Crippen LogP contribution in [0.15, 0.2) is 29.3 Å². The quantitative estimate of drug-likeness (QED) is 0.678. The highest BCUT2D eigenvalue weighted by atomic mass is 35.5. The van der Waals surface area contributed by atoms with E-state index in [4.69, 9.17) is 16.6 Å². The Morgan fingerprint density at radius 3 is 2.48 bits per heavy atom. The van der Waals surface area contributed by atoms with E-state index in [1.54, 1.807) is 7.05 Å². The number of fused-ring (bicyclic) bond motifs is 1. The van der Waals surface area contributed by atoms with E-state index in [1.807, 2.05) is 29.2 Å². The number of amides is 3. The lowest BCUT2D eigenvalue weighted by atomic mass is 10.1. The fourth-order valence-corrected chi connectivity index (χ4v) is 4.61. The molecule has 3 amide bonds. The van der Waals surface area contributed by atoms with Crippen molar-refractivity contribution in [1.29, 1.82) is 0 Å². The van der Waals surface area contributed by atoms with E-state index in [9.17, 15) is 9.59 Å². The number of nitrogens with zero attached hydrogens (tertiary/aromatic N) is 5. The molecule has 2 atom stereocenters. The molecule has 4 rings (SSSR count). The van der Waals surface area contributed by atoms with Crippen LogP contribution < -0.4 is 5.32 Å². The molecule has 2 saturated heterocycles. The van der Waals surface area contributed by atoms with Crippen molar-refractivity contribution in [1.82, 2.24) is 24.9 Å². The predicted octanol–water partition coefficient (Wildman–Crippen LogP) is 2.20. The van der Waals surface area contributed by atoms with Crippen molar-refractivity contribution in [3.05, 3.63) is 34.9 Å². The molecule has 0 aromatic heterocycles. The number of carbonyl (C=O) groups is 2. The summed E-state index contributed by atoms with van der Waals surface area (Å²) in [5, 5.41) is 3.15. The summed E-state index contributed by atoms with van der Waals surface area (Å²) >= 11 is 6.05. The number of aliphatic imine (C=N–C) groups is 1. The average molecular weight is 447 g/mol. The highest BCUT2D eigenvalue weighted by molar-refractivity contribution is 6.30. The number of imide groups is 1. The van der Waals surface area contributed by atoms with Crippen molar-refractivity contribution in [3.63, 3.8) is 0 Å². The van der Waals surface area contributed by atoms with Crippen molar-refractivity contribution in [3.8, 4) is 0 Å². The second kappa shape index (κ2) is 9.44. The van der Waals surface area contributed by atoms with Crippen LogP contribution in [0, 0.1) is 0 Å². The van der Waals surface area contributed by atoms with Gasteiger partial charge in [-0.25, -0.2) is 9.79 Å². The molecule has 31 heavy (non-hydrogen) atoms. The zero-order valence-electron chi connectivity index (χ0n) is 18.3. The summed E-state index contributed by atoms with van der Waals surface area (Å²) < 4.78 is 0. The van der Waals surface area contributed by atoms with Crippen molar-refractivity contribution in [2.45, 2.75) is 44.9 Å². The highest BCUT2D eigenvalue weighted by Gasteiger charge is 2.49. The van der Waals surface area contributed by atoms with Gasteiger partial charge in [-0.15, -0.1) is 0 Å². The summed E-state index contributed by atoms with van der Waals surface area (Å²) in [5.41, 5.74) is 1.04. The smallest absolute Gasteiger partial charge is 0.325 e. The average Bonchev–Trinajstić information content (AvgIpc) is 3.14. The number of piperazine rings is 1. The van der Waals surface area contributed by atoms with Crippen LogP contribution >= 0.6 is 11.6 Å². The second-order valence-electron chi connectivity index (χ2n) is 8.48. The molecule has 1 N–H and O–H groups in total. The standard InChI is InChI=1S/C22H31ClN6O2/c1-3-4-5-10-27-11-13-28(14-12-27)21-24-19-18(20(30)25-22(31)26(19)2)29(21)15-16-6-8-17(23)9-7-16/h6-9,18-19H,3-5,10-15H2,1-2H3,(H,25,30,31). The third-order valence-electron chi connectivity index (χ3n) is 6.34. The predicted molar refractivity (Wildman–Crippen MR) is 121 cm³/mol. The Balaban J connectivity index is 1.52. The second-order valence-corrected chi connectivity index (χ2v) is 8.92. The first-order chi connectivity index (χ1) is 15.0. The zero-order chi connectivity index (χ0) is 22.0. The molecule has 2 fully saturated rings. The molecule has 168 valence electrons. The molecule has 1 aromatic rings. The molecule has 0 radical (unpaired) electrons. The zero-order valence-corrected chi connectivity index (χ0v) is 19.0. The Bertz CT molecular complexity index is 837. The number of urea groups is 1. The number of rotatable bonds is 6. The molecule has 9 heteroatoms. The maximum atomic E-state index is 12.8. The van der Waals surface area contributed by atoms with E-state index in [2.05, 4.69) is 22.0 Å². The van der Waals surface area contributed by atoms with Crippen LogP contribution in [0.25, 0.3) is 0 Å². The number of nitrogens with one attached hydrogen (secondary N) is 1. The van der Waals surface area contributed by atoms with Crippen molar-refractivity contribution < 1.29 is 9.59 Å². The summed E-state index contributed by atoms with van der Waals surface area (Å²) in [5.74, 6) is 0.508. The van der Waals surface area contributed by atoms with Crippen LogP contribution in [0.3, 0.4) is 0 Å². The molecule has 3 heterocycles. The lowest BCUT2D eigenvalue weighted by Crippen LogP contribution is -2.64. The Labute approximate surface area is 188 Å². The van der Waals surface area contributed by atoms with E-state index in [0.717, 1.165) is 44.2 Å². The van der Waals surface area contributed by atoms with Crippen molar-refractivity contribution in [2.24, 2.45) is 4.99 Å². The monoisotopic (exact) mass is 446 g/mol. The third kappa shape index (κ3) is 4.65. The maximum Gasteiger partial charge on any atom is 0.325 e. The molecule has 3 aliphatic rings. The molecular formula is C22H31ClN6O2. The molecule has 0 saturated carbocycles. The van der Waals surface area contributed by atoms with Gasteiger partial charge in [0.05, 0.1) is 0 Å². The van der Waals surface area contributed by atoms with Gasteiger partial charge in [-0.3, -0.25) is 15.0 Å². The summed E-state index contributed by atoms with van der Waals surface area (Å²) in [7, 11) is 1.69. The van der Waals surface area contributed by atoms with Gasteiger partial charge >= 0.3 is 6.03 Å². The summed E-state index contributed by atoms with van der Waals surface area (Å²) in [6.07, 6.45) is 3.22. The first-order valence-corrected chi connectivity index (χ1v) is 11.5. The first-order valence-electron chi connectivity index (χ1n) is 11.1. The Morgan fingerprint density at radius 2 is 1.81 bits per heavy atom. The van der Waals surface area contributed by atoms with Crippen LogP contribution in [0.2, 0.25) is 5.02 Å². The fourth-order valence-electron chi connectivity index (χ4n) is 4.49. The van der Waals surface area contributed by atoms with Crippen LogP contribution in [-0.4, -0.2) is 89.5 Å². The van der Waals surface area contributed by atoms with Gasteiger partial charge in [0.1, 0.15) is 0 Å². The van der Waals surface area contributed by atoms with Gasteiger partial charge in [-0.05, 0) is 30.7 Å². The van der Waals surface area contributed by atoms with Gasteiger partial charge in [0.15, 0.2) is 18.2 Å². The van der Waals surface area contributed by atoms with Gasteiger partial charge in [0, 0.05) is 44.8 Å². The first kappa shape index (κ1) is 21.9. The molecule has 0 aliphatic carbocycles. The summed E-state index contributed by atoms with van der Waals surface area (Å²) in [4.78, 5) is 38.2. The van der Waals surface area contributed by atoms with Crippen LogP contribution in [0.4, 0.5) is 4.79 Å². The van der Waals surface area contributed by atoms with Gasteiger partial charge in [0.2, 0.25) is 0 Å². The van der Waals surface area contributed by atoms with Gasteiger partial charge in [-0.2, -0.15) is 0 Å². The molecule has 1 aromatic carbocycles. The van der Waals surface area contributed by atoms with E-state index in [0.29, 0.717) is 11.6 Å². The SMILES string of the molecule is CCCCCN1CCN(C2=NC3C(C(=O)NC(=O)N3C)N2Cc2ccc(Cl)cc2)CC1. The van der Waals surface area contributed by atoms with Crippen LogP contribution in [-0.2, 0) is 11.3 Å². The number of carbonyl (C=O) groups excluding carboxylic acids is 2. The topological polar surface area (TPSA) is 71.5 Å². The molecule has 3 aliphatic heterocycles. The summed E-state index contributed by atoms with van der Waals surface area (Å²) in [6.45, 7) is 7.57. The number of halogens is 1. The van der Waals surface area contributed by atoms with Crippen LogP contribution in [0.1, 0.15) is 31.7 Å². The summed E-state index contributed by atoms with van der Waals surface area (Å²) in [6, 6.07) is 6.71. The van der Waals surface area contributed by atoms with Crippen LogP contribution in [0.5, 0.6) is 0 Å². The van der Waals surface area contributed by atoms with E-state index in [-0.39, 0.29) is 5.91 Å². The molecular weight excluding hydrogens is 416 g/mol. The molecule has 8 nitrogen and oxygen atoms in total. The molecule has 0 bridgehead atoms. The Kier molecular flexibility index (Phi) is 6.67. The van der Waals surface area contributed by atoms with Gasteiger partial charge < -0.3 is 14.7 Å². The fraction of sp³-hybridized carbons (Fsp3) is 0.591.